The van der Waals surface area contributed by atoms with Crippen molar-refractivity contribution in [1.29, 1.82) is 0 Å². The van der Waals surface area contributed by atoms with Crippen LogP contribution in [-0.4, -0.2) is 14.5 Å². The van der Waals surface area contributed by atoms with Crippen molar-refractivity contribution in [3.05, 3.63) is 44.4 Å². The Kier molecular flexibility index (Phi) is 3.24. The number of pyridine rings is 1. The molecule has 0 atom stereocenters. The number of nitrogens with zero attached hydrogens (tertiary/aromatic N) is 3. The molecular weight excluding hydrogens is 395 g/mol. The molecule has 4 nitrogen and oxygen atoms in total. The van der Waals surface area contributed by atoms with Crippen molar-refractivity contribution in [2.75, 3.05) is 5.73 Å². The number of fused-ring (bicyclic) bond motifs is 1. The van der Waals surface area contributed by atoms with E-state index < -0.39 is 0 Å². The number of nitrogens with two attached hydrogens (primary N) is 1. The molecule has 0 saturated carbocycles. The molecule has 1 aromatic carbocycles. The molecular formula is C12H7Br2ClN4. The lowest BCUT2D eigenvalue weighted by Gasteiger charge is -2.07. The fourth-order valence-corrected chi connectivity index (χ4v) is 2.58. The minimum atomic E-state index is 0.374. The maximum Gasteiger partial charge on any atom is 0.207 e. The third-order valence-corrected chi connectivity index (χ3v) is 4.32. The van der Waals surface area contributed by atoms with Gasteiger partial charge in [-0.2, -0.15) is 0 Å². The second kappa shape index (κ2) is 4.77. The highest BCUT2D eigenvalue weighted by Gasteiger charge is 2.12. The number of halogens is 3. The van der Waals surface area contributed by atoms with Crippen molar-refractivity contribution < 1.29 is 0 Å². The number of aromatic nitrogens is 3. The Morgan fingerprint density at radius 3 is 2.74 bits per heavy atom. The summed E-state index contributed by atoms with van der Waals surface area (Å²) < 4.78 is 3.45. The number of imidazole rings is 1. The number of hydrogen-bond acceptors (Lipinski definition) is 3. The fourth-order valence-electron chi connectivity index (χ4n) is 1.84. The molecule has 2 N–H and O–H groups in total. The molecule has 19 heavy (non-hydrogen) atoms. The number of nitrogen functional groups attached to an aromatic ring is 1. The zero-order valence-corrected chi connectivity index (χ0v) is 13.4. The molecule has 0 unspecified atom stereocenters. The van der Waals surface area contributed by atoms with Crippen LogP contribution in [0, 0.1) is 0 Å². The van der Waals surface area contributed by atoms with E-state index >= 15 is 0 Å². The van der Waals surface area contributed by atoms with Crippen molar-refractivity contribution >= 4 is 60.6 Å². The standard InChI is InChI=1S/C12H7Br2ClN4/c13-6-3-10-11(17-5-6)19(12(16)18-10)7-1-2-8(14)9(15)4-7/h1-5H,(H2,16,18). The molecule has 0 spiro atoms. The molecule has 7 heteroatoms. The minimum absolute atomic E-state index is 0.374. The summed E-state index contributed by atoms with van der Waals surface area (Å²) in [4.78, 5) is 8.64. The topological polar surface area (TPSA) is 56.7 Å². The van der Waals surface area contributed by atoms with E-state index in [0.717, 1.165) is 20.1 Å². The summed E-state index contributed by atoms with van der Waals surface area (Å²) in [6, 6.07) is 7.45. The van der Waals surface area contributed by atoms with E-state index in [0.29, 0.717) is 16.6 Å². The molecule has 0 fully saturated rings. The number of anilines is 1. The van der Waals surface area contributed by atoms with E-state index in [1.807, 2.05) is 24.3 Å². The van der Waals surface area contributed by atoms with Crippen LogP contribution in [-0.2, 0) is 0 Å². The molecule has 0 saturated heterocycles. The summed E-state index contributed by atoms with van der Waals surface area (Å²) in [5.41, 5.74) is 8.21. The molecule has 3 rings (SSSR count). The average Bonchev–Trinajstić information content (AvgIpc) is 2.68. The van der Waals surface area contributed by atoms with Crippen LogP contribution >= 0.6 is 43.5 Å². The predicted octanol–water partition coefficient (Wildman–Crippen LogP) is 4.18. The van der Waals surface area contributed by atoms with Gasteiger partial charge >= 0.3 is 0 Å². The van der Waals surface area contributed by atoms with Gasteiger partial charge in [-0.1, -0.05) is 11.6 Å². The van der Waals surface area contributed by atoms with Crippen molar-refractivity contribution in [2.45, 2.75) is 0 Å². The lowest BCUT2D eigenvalue weighted by atomic mass is 10.3. The summed E-state index contributed by atoms with van der Waals surface area (Å²) >= 11 is 12.8. The molecule has 0 radical (unpaired) electrons. The molecule has 2 heterocycles. The highest BCUT2D eigenvalue weighted by molar-refractivity contribution is 9.10. The van der Waals surface area contributed by atoms with Crippen molar-refractivity contribution in [3.63, 3.8) is 0 Å². The molecule has 96 valence electrons. The van der Waals surface area contributed by atoms with E-state index in [4.69, 9.17) is 17.3 Å². The minimum Gasteiger partial charge on any atom is -0.369 e. The summed E-state index contributed by atoms with van der Waals surface area (Å²) in [6.07, 6.45) is 1.71. The number of benzene rings is 1. The first-order valence-corrected chi connectivity index (χ1v) is 7.27. The average molecular weight is 402 g/mol. The molecule has 2 aromatic heterocycles. The van der Waals surface area contributed by atoms with Gasteiger partial charge in [0.05, 0.1) is 10.7 Å². The van der Waals surface area contributed by atoms with E-state index in [9.17, 15) is 0 Å². The van der Waals surface area contributed by atoms with Crippen LogP contribution in [0.3, 0.4) is 0 Å². The maximum atomic E-state index is 6.11. The van der Waals surface area contributed by atoms with E-state index in [1.54, 1.807) is 10.8 Å². The summed E-state index contributed by atoms with van der Waals surface area (Å²) in [7, 11) is 0. The second-order valence-corrected chi connectivity index (χ2v) is 6.08. The van der Waals surface area contributed by atoms with E-state index in [1.165, 1.54) is 0 Å². The normalized spacial score (nSPS) is 11.1. The van der Waals surface area contributed by atoms with Gasteiger partial charge in [0.25, 0.3) is 0 Å². The monoisotopic (exact) mass is 400 g/mol. The molecule has 0 aliphatic heterocycles. The lowest BCUT2D eigenvalue weighted by Crippen LogP contribution is -2.01. The van der Waals surface area contributed by atoms with Gasteiger partial charge in [-0.3, -0.25) is 4.57 Å². The van der Waals surface area contributed by atoms with Gasteiger partial charge in [0, 0.05) is 15.1 Å². The zero-order valence-electron chi connectivity index (χ0n) is 9.44. The van der Waals surface area contributed by atoms with Gasteiger partial charge in [-0.15, -0.1) is 0 Å². The molecule has 0 aliphatic carbocycles. The third-order valence-electron chi connectivity index (χ3n) is 2.65. The number of hydrogen-bond donors (Lipinski definition) is 1. The Hall–Kier alpha value is -1.11. The first kappa shape index (κ1) is 12.9. The zero-order chi connectivity index (χ0) is 13.6. The van der Waals surface area contributed by atoms with E-state index in [2.05, 4.69) is 41.8 Å². The third kappa shape index (κ3) is 2.24. The Balaban J connectivity index is 2.29. The first-order chi connectivity index (χ1) is 9.06. The Morgan fingerprint density at radius 2 is 2.00 bits per heavy atom. The largest absolute Gasteiger partial charge is 0.369 e. The van der Waals surface area contributed by atoms with Crippen LogP contribution in [0.2, 0.25) is 5.02 Å². The second-order valence-electron chi connectivity index (χ2n) is 3.90. The van der Waals surface area contributed by atoms with Crippen molar-refractivity contribution in [3.8, 4) is 5.69 Å². The Bertz CT molecular complexity index is 785. The predicted molar refractivity (Wildman–Crippen MR) is 83.7 cm³/mol. The highest BCUT2D eigenvalue weighted by Crippen LogP contribution is 2.28. The van der Waals surface area contributed by atoms with Gasteiger partial charge in [0.1, 0.15) is 5.52 Å². The van der Waals surface area contributed by atoms with Crippen LogP contribution < -0.4 is 5.73 Å². The van der Waals surface area contributed by atoms with Crippen molar-refractivity contribution in [1.82, 2.24) is 14.5 Å². The van der Waals surface area contributed by atoms with Gasteiger partial charge in [0.2, 0.25) is 5.95 Å². The van der Waals surface area contributed by atoms with Crippen LogP contribution in [0.4, 0.5) is 5.95 Å². The van der Waals surface area contributed by atoms with Gasteiger partial charge in [0.15, 0.2) is 5.65 Å². The highest BCUT2D eigenvalue weighted by atomic mass is 79.9. The molecule has 0 aliphatic rings. The lowest BCUT2D eigenvalue weighted by molar-refractivity contribution is 1.08. The maximum absolute atomic E-state index is 6.11. The first-order valence-electron chi connectivity index (χ1n) is 5.31. The van der Waals surface area contributed by atoms with Crippen LogP contribution in [0.1, 0.15) is 0 Å². The van der Waals surface area contributed by atoms with Gasteiger partial charge in [-0.25, -0.2) is 9.97 Å². The molecule has 0 bridgehead atoms. The summed E-state index contributed by atoms with van der Waals surface area (Å²) in [5, 5.41) is 0.607. The van der Waals surface area contributed by atoms with E-state index in [-0.39, 0.29) is 0 Å². The summed E-state index contributed by atoms with van der Waals surface area (Å²) in [6.45, 7) is 0. The Morgan fingerprint density at radius 1 is 1.21 bits per heavy atom. The molecule has 3 aromatic rings. The fraction of sp³-hybridized carbons (Fsp3) is 0. The molecule has 0 amide bonds. The smallest absolute Gasteiger partial charge is 0.207 e. The quantitative estimate of drug-likeness (QED) is 0.664. The Labute approximate surface area is 130 Å². The van der Waals surface area contributed by atoms with Crippen LogP contribution in [0.25, 0.3) is 16.9 Å². The van der Waals surface area contributed by atoms with Crippen LogP contribution in [0.5, 0.6) is 0 Å². The number of rotatable bonds is 1. The van der Waals surface area contributed by atoms with Crippen molar-refractivity contribution in [2.24, 2.45) is 0 Å². The SMILES string of the molecule is Nc1nc2cc(Br)cnc2n1-c1ccc(Br)c(Cl)c1. The van der Waals surface area contributed by atoms with Crippen LogP contribution in [0.15, 0.2) is 39.4 Å². The van der Waals surface area contributed by atoms with Gasteiger partial charge in [-0.05, 0) is 56.1 Å². The van der Waals surface area contributed by atoms with Gasteiger partial charge < -0.3 is 5.73 Å². The summed E-state index contributed by atoms with van der Waals surface area (Å²) in [5.74, 6) is 0.374.